The molecule has 4 nitrogen and oxygen atoms in total. The van der Waals surface area contributed by atoms with Crippen LogP contribution in [0.1, 0.15) is 33.6 Å². The van der Waals surface area contributed by atoms with Gasteiger partial charge in [0, 0.05) is 21.9 Å². The van der Waals surface area contributed by atoms with Gasteiger partial charge in [-0.25, -0.2) is 13.1 Å². The minimum atomic E-state index is -3.26. The van der Waals surface area contributed by atoms with E-state index in [0.29, 0.717) is 11.4 Å². The Morgan fingerprint density at radius 2 is 1.95 bits per heavy atom. The highest BCUT2D eigenvalue weighted by Gasteiger charge is 2.23. The van der Waals surface area contributed by atoms with Crippen molar-refractivity contribution in [3.05, 3.63) is 24.3 Å². The normalized spacial score (nSPS) is 12.6. The Hall–Kier alpha value is -0.720. The van der Waals surface area contributed by atoms with E-state index in [4.69, 9.17) is 5.73 Å². The summed E-state index contributed by atoms with van der Waals surface area (Å²) in [5.74, 6) is 0.588. The first-order chi connectivity index (χ1) is 9.26. The first-order valence-corrected chi connectivity index (χ1v) is 9.38. The zero-order chi connectivity index (χ0) is 15.2. The van der Waals surface area contributed by atoms with Crippen LogP contribution >= 0.6 is 11.8 Å². The van der Waals surface area contributed by atoms with E-state index < -0.39 is 10.0 Å². The van der Waals surface area contributed by atoms with Crippen LogP contribution in [0.25, 0.3) is 0 Å². The quantitative estimate of drug-likeness (QED) is 0.571. The molecule has 0 aliphatic carbocycles. The van der Waals surface area contributed by atoms with Gasteiger partial charge in [-0.2, -0.15) is 0 Å². The van der Waals surface area contributed by atoms with Crippen molar-refractivity contribution in [2.45, 2.75) is 44.0 Å². The molecule has 0 radical (unpaired) electrons. The molecular weight excluding hydrogens is 292 g/mol. The van der Waals surface area contributed by atoms with Crippen LogP contribution in [0.15, 0.2) is 29.2 Å². The number of hydrogen-bond donors (Lipinski definition) is 2. The maximum absolute atomic E-state index is 12.0. The molecule has 0 bridgehead atoms. The average molecular weight is 316 g/mol. The first-order valence-electron chi connectivity index (χ1n) is 6.75. The van der Waals surface area contributed by atoms with E-state index in [1.807, 2.05) is 45.0 Å². The number of anilines is 1. The lowest BCUT2D eigenvalue weighted by atomic mass is 10.0. The molecule has 1 rings (SSSR count). The molecule has 114 valence electrons. The van der Waals surface area contributed by atoms with Crippen molar-refractivity contribution in [3.63, 3.8) is 0 Å². The topological polar surface area (TPSA) is 72.2 Å². The zero-order valence-corrected chi connectivity index (χ0v) is 14.0. The second-order valence-electron chi connectivity index (χ2n) is 5.44. The van der Waals surface area contributed by atoms with Crippen LogP contribution < -0.4 is 10.5 Å². The maximum atomic E-state index is 12.0. The number of rotatable bonds is 8. The minimum absolute atomic E-state index is 0.0964. The van der Waals surface area contributed by atoms with Gasteiger partial charge >= 0.3 is 0 Å². The Morgan fingerprint density at radius 1 is 1.30 bits per heavy atom. The fraction of sp³-hybridized carbons (Fsp3) is 0.571. The molecule has 0 aliphatic rings. The molecule has 0 saturated carbocycles. The lowest BCUT2D eigenvalue weighted by molar-refractivity contribution is 0.418. The van der Waals surface area contributed by atoms with E-state index in [2.05, 4.69) is 4.72 Å². The fourth-order valence-corrected chi connectivity index (χ4v) is 4.91. The van der Waals surface area contributed by atoms with E-state index in [0.717, 1.165) is 17.7 Å². The molecule has 0 unspecified atom stereocenters. The standard InChI is InChI=1S/C14H24N2O2S2/c1-4-9-14(2,3)16-20(17,18)11-10-19-13-8-6-5-7-12(13)15/h5-8,16H,4,9-11,15H2,1-3H3. The summed E-state index contributed by atoms with van der Waals surface area (Å²) in [6.07, 6.45) is 1.77. The molecule has 0 aliphatic heterocycles. The third-order valence-corrected chi connectivity index (χ3v) is 5.79. The first kappa shape index (κ1) is 17.3. The van der Waals surface area contributed by atoms with Crippen LogP contribution in [0, 0.1) is 0 Å². The van der Waals surface area contributed by atoms with Crippen LogP contribution in [0.4, 0.5) is 5.69 Å². The van der Waals surface area contributed by atoms with Crippen molar-refractivity contribution in [1.82, 2.24) is 4.72 Å². The molecule has 0 spiro atoms. The van der Waals surface area contributed by atoms with Gasteiger partial charge in [-0.05, 0) is 32.4 Å². The van der Waals surface area contributed by atoms with E-state index in [9.17, 15) is 8.42 Å². The fourth-order valence-electron chi connectivity index (χ4n) is 2.02. The number of sulfonamides is 1. The monoisotopic (exact) mass is 316 g/mol. The molecule has 1 aromatic carbocycles. The van der Waals surface area contributed by atoms with E-state index in [-0.39, 0.29) is 11.3 Å². The Kier molecular flexibility index (Phi) is 6.36. The number of para-hydroxylation sites is 1. The molecule has 0 atom stereocenters. The summed E-state index contributed by atoms with van der Waals surface area (Å²) in [4.78, 5) is 0.926. The summed E-state index contributed by atoms with van der Waals surface area (Å²) >= 11 is 1.47. The summed E-state index contributed by atoms with van der Waals surface area (Å²) in [5.41, 5.74) is 6.13. The average Bonchev–Trinajstić information content (AvgIpc) is 2.29. The van der Waals surface area contributed by atoms with E-state index in [1.165, 1.54) is 11.8 Å². The molecule has 6 heteroatoms. The van der Waals surface area contributed by atoms with Crippen LogP contribution in [0.2, 0.25) is 0 Å². The van der Waals surface area contributed by atoms with Gasteiger partial charge in [-0.3, -0.25) is 0 Å². The van der Waals surface area contributed by atoms with Gasteiger partial charge in [0.1, 0.15) is 0 Å². The Balaban J connectivity index is 2.50. The van der Waals surface area contributed by atoms with Gasteiger partial charge in [0.05, 0.1) is 5.75 Å². The molecule has 0 heterocycles. The van der Waals surface area contributed by atoms with Crippen molar-refractivity contribution in [2.24, 2.45) is 0 Å². The van der Waals surface area contributed by atoms with E-state index >= 15 is 0 Å². The van der Waals surface area contributed by atoms with Gasteiger partial charge in [0.2, 0.25) is 10.0 Å². The van der Waals surface area contributed by atoms with Crippen molar-refractivity contribution < 1.29 is 8.42 Å². The third kappa shape index (κ3) is 6.15. The molecule has 0 saturated heterocycles. The minimum Gasteiger partial charge on any atom is -0.398 e. The zero-order valence-electron chi connectivity index (χ0n) is 12.3. The van der Waals surface area contributed by atoms with Gasteiger partial charge in [0.15, 0.2) is 0 Å². The van der Waals surface area contributed by atoms with Crippen LogP contribution in [0.3, 0.4) is 0 Å². The Labute approximate surface area is 126 Å². The van der Waals surface area contributed by atoms with Gasteiger partial charge in [-0.15, -0.1) is 11.8 Å². The number of nitrogens with one attached hydrogen (secondary N) is 1. The van der Waals surface area contributed by atoms with Crippen molar-refractivity contribution >= 4 is 27.5 Å². The highest BCUT2D eigenvalue weighted by atomic mass is 32.2. The molecule has 20 heavy (non-hydrogen) atoms. The van der Waals surface area contributed by atoms with Crippen LogP contribution in [-0.4, -0.2) is 25.5 Å². The lowest BCUT2D eigenvalue weighted by Crippen LogP contribution is -2.44. The molecule has 0 amide bonds. The number of benzene rings is 1. The third-order valence-electron chi connectivity index (χ3n) is 2.84. The van der Waals surface area contributed by atoms with Crippen molar-refractivity contribution in [1.29, 1.82) is 0 Å². The summed E-state index contributed by atoms with van der Waals surface area (Å²) in [6.45, 7) is 5.87. The number of thioether (sulfide) groups is 1. The molecule has 1 aromatic rings. The van der Waals surface area contributed by atoms with Gasteiger partial charge < -0.3 is 5.73 Å². The number of nitrogens with two attached hydrogens (primary N) is 1. The molecular formula is C14H24N2O2S2. The van der Waals surface area contributed by atoms with Crippen molar-refractivity contribution in [2.75, 3.05) is 17.2 Å². The molecule has 0 fully saturated rings. The SMILES string of the molecule is CCCC(C)(C)NS(=O)(=O)CCSc1ccccc1N. The maximum Gasteiger partial charge on any atom is 0.212 e. The predicted octanol–water partition coefficient (Wildman–Crippen LogP) is 2.86. The number of hydrogen-bond acceptors (Lipinski definition) is 4. The number of nitrogen functional groups attached to an aromatic ring is 1. The van der Waals surface area contributed by atoms with Crippen LogP contribution in [-0.2, 0) is 10.0 Å². The smallest absolute Gasteiger partial charge is 0.212 e. The lowest BCUT2D eigenvalue weighted by Gasteiger charge is -2.25. The van der Waals surface area contributed by atoms with Gasteiger partial charge in [0.25, 0.3) is 0 Å². The summed E-state index contributed by atoms with van der Waals surface area (Å²) < 4.78 is 26.8. The summed E-state index contributed by atoms with van der Waals surface area (Å²) in [5, 5.41) is 0. The predicted molar refractivity (Wildman–Crippen MR) is 87.5 cm³/mol. The second kappa shape index (κ2) is 7.33. The van der Waals surface area contributed by atoms with Gasteiger partial charge in [-0.1, -0.05) is 25.5 Å². The molecule has 0 aromatic heterocycles. The molecule has 3 N–H and O–H groups in total. The highest BCUT2D eigenvalue weighted by Crippen LogP contribution is 2.24. The van der Waals surface area contributed by atoms with E-state index in [1.54, 1.807) is 0 Å². The summed E-state index contributed by atoms with van der Waals surface area (Å²) in [6, 6.07) is 7.49. The Morgan fingerprint density at radius 3 is 2.55 bits per heavy atom. The highest BCUT2D eigenvalue weighted by molar-refractivity contribution is 8.00. The summed E-state index contributed by atoms with van der Waals surface area (Å²) in [7, 11) is -3.26. The second-order valence-corrected chi connectivity index (χ2v) is 8.42. The Bertz CT molecular complexity index is 528. The van der Waals surface area contributed by atoms with Crippen molar-refractivity contribution in [3.8, 4) is 0 Å². The largest absolute Gasteiger partial charge is 0.398 e. The van der Waals surface area contributed by atoms with Crippen LogP contribution in [0.5, 0.6) is 0 Å².